The van der Waals surface area contributed by atoms with Crippen molar-refractivity contribution in [3.05, 3.63) is 23.8 Å². The van der Waals surface area contributed by atoms with Gasteiger partial charge < -0.3 is 20.3 Å². The SMILES string of the molecule is CCNCC1CCN(C(=O)c2ccc3c(c2)NC(=O)CO3)CC1.Cl. The minimum atomic E-state index is -0.189. The van der Waals surface area contributed by atoms with Gasteiger partial charge in [0.1, 0.15) is 5.75 Å². The minimum absolute atomic E-state index is 0. The number of benzene rings is 1. The van der Waals surface area contributed by atoms with Crippen molar-refractivity contribution in [2.75, 3.05) is 38.1 Å². The van der Waals surface area contributed by atoms with Crippen LogP contribution in [0.25, 0.3) is 0 Å². The molecule has 0 spiro atoms. The number of carbonyl (C=O) groups is 2. The molecule has 0 bridgehead atoms. The van der Waals surface area contributed by atoms with E-state index < -0.39 is 0 Å². The van der Waals surface area contributed by atoms with Crippen molar-refractivity contribution in [3.63, 3.8) is 0 Å². The summed E-state index contributed by atoms with van der Waals surface area (Å²) in [5.74, 6) is 1.10. The Labute approximate surface area is 148 Å². The average molecular weight is 354 g/mol. The number of amides is 2. The Morgan fingerprint density at radius 1 is 1.38 bits per heavy atom. The monoisotopic (exact) mass is 353 g/mol. The number of piperidine rings is 1. The normalized spacial score (nSPS) is 17.4. The first kappa shape index (κ1) is 18.5. The van der Waals surface area contributed by atoms with E-state index in [0.717, 1.165) is 39.0 Å². The molecule has 0 unspecified atom stereocenters. The first-order valence-electron chi connectivity index (χ1n) is 8.24. The molecule has 6 nitrogen and oxygen atoms in total. The minimum Gasteiger partial charge on any atom is -0.482 e. The van der Waals surface area contributed by atoms with E-state index in [0.29, 0.717) is 22.9 Å². The molecule has 2 heterocycles. The molecule has 1 fully saturated rings. The van der Waals surface area contributed by atoms with E-state index in [1.54, 1.807) is 18.2 Å². The number of nitrogens with one attached hydrogen (secondary N) is 2. The number of ether oxygens (including phenoxy) is 1. The van der Waals surface area contributed by atoms with Gasteiger partial charge in [0, 0.05) is 18.7 Å². The predicted octanol–water partition coefficient (Wildman–Crippen LogP) is 1.90. The second-order valence-electron chi connectivity index (χ2n) is 6.09. The third-order valence-corrected chi connectivity index (χ3v) is 4.44. The first-order chi connectivity index (χ1) is 11.2. The lowest BCUT2D eigenvalue weighted by Crippen LogP contribution is -2.40. The summed E-state index contributed by atoms with van der Waals surface area (Å²) in [6, 6.07) is 5.22. The summed E-state index contributed by atoms with van der Waals surface area (Å²) in [5, 5.41) is 6.12. The zero-order valence-corrected chi connectivity index (χ0v) is 14.7. The molecule has 2 amide bonds. The summed E-state index contributed by atoms with van der Waals surface area (Å²) < 4.78 is 5.32. The van der Waals surface area contributed by atoms with Crippen molar-refractivity contribution in [3.8, 4) is 5.75 Å². The summed E-state index contributed by atoms with van der Waals surface area (Å²) in [5.41, 5.74) is 1.17. The zero-order chi connectivity index (χ0) is 16.2. The summed E-state index contributed by atoms with van der Waals surface area (Å²) >= 11 is 0. The van der Waals surface area contributed by atoms with Gasteiger partial charge in [0.05, 0.1) is 5.69 Å². The Hall–Kier alpha value is -1.79. The molecule has 1 aromatic carbocycles. The van der Waals surface area contributed by atoms with Crippen molar-refractivity contribution in [2.45, 2.75) is 19.8 Å². The lowest BCUT2D eigenvalue weighted by molar-refractivity contribution is -0.118. The molecule has 7 heteroatoms. The Morgan fingerprint density at radius 3 is 2.83 bits per heavy atom. The van der Waals surface area contributed by atoms with Crippen LogP contribution in [0, 0.1) is 5.92 Å². The van der Waals surface area contributed by atoms with Crippen LogP contribution in [0.15, 0.2) is 18.2 Å². The number of likely N-dealkylation sites (tertiary alicyclic amines) is 1. The van der Waals surface area contributed by atoms with Gasteiger partial charge in [-0.1, -0.05) is 6.92 Å². The molecule has 1 aromatic rings. The Morgan fingerprint density at radius 2 is 2.12 bits per heavy atom. The highest BCUT2D eigenvalue weighted by atomic mass is 35.5. The molecule has 3 rings (SSSR count). The number of rotatable bonds is 4. The van der Waals surface area contributed by atoms with Gasteiger partial charge >= 0.3 is 0 Å². The highest BCUT2D eigenvalue weighted by molar-refractivity contribution is 5.99. The van der Waals surface area contributed by atoms with Crippen molar-refractivity contribution in [2.24, 2.45) is 5.92 Å². The van der Waals surface area contributed by atoms with Gasteiger partial charge in [-0.05, 0) is 50.0 Å². The van der Waals surface area contributed by atoms with E-state index >= 15 is 0 Å². The van der Waals surface area contributed by atoms with Gasteiger partial charge in [-0.15, -0.1) is 12.4 Å². The fourth-order valence-electron chi connectivity index (χ4n) is 3.09. The largest absolute Gasteiger partial charge is 0.482 e. The molecular weight excluding hydrogens is 330 g/mol. The van der Waals surface area contributed by atoms with Crippen LogP contribution in [0.3, 0.4) is 0 Å². The number of hydrogen-bond donors (Lipinski definition) is 2. The molecule has 24 heavy (non-hydrogen) atoms. The molecule has 1 saturated heterocycles. The maximum absolute atomic E-state index is 12.6. The molecule has 2 aliphatic rings. The number of hydrogen-bond acceptors (Lipinski definition) is 4. The second kappa shape index (κ2) is 8.35. The Kier molecular flexibility index (Phi) is 6.45. The second-order valence-corrected chi connectivity index (χ2v) is 6.09. The van der Waals surface area contributed by atoms with Crippen LogP contribution in [0.2, 0.25) is 0 Å². The third-order valence-electron chi connectivity index (χ3n) is 4.44. The van der Waals surface area contributed by atoms with Crippen molar-refractivity contribution >= 4 is 29.9 Å². The number of halogens is 1. The fourth-order valence-corrected chi connectivity index (χ4v) is 3.09. The van der Waals surface area contributed by atoms with Crippen LogP contribution in [0.1, 0.15) is 30.1 Å². The van der Waals surface area contributed by atoms with Crippen LogP contribution in [-0.4, -0.2) is 49.5 Å². The number of nitrogens with zero attached hydrogens (tertiary/aromatic N) is 1. The third kappa shape index (κ3) is 4.19. The smallest absolute Gasteiger partial charge is 0.262 e. The molecular formula is C17H24ClN3O3. The Bertz CT molecular complexity index is 601. The topological polar surface area (TPSA) is 70.7 Å². The summed E-state index contributed by atoms with van der Waals surface area (Å²) in [4.78, 5) is 25.9. The van der Waals surface area contributed by atoms with Crippen LogP contribution in [-0.2, 0) is 4.79 Å². The molecule has 0 aliphatic carbocycles. The van der Waals surface area contributed by atoms with Crippen molar-refractivity contribution in [1.29, 1.82) is 0 Å². The first-order valence-corrected chi connectivity index (χ1v) is 8.24. The van der Waals surface area contributed by atoms with E-state index in [1.807, 2.05) is 4.90 Å². The van der Waals surface area contributed by atoms with Gasteiger partial charge in [0.15, 0.2) is 6.61 Å². The lowest BCUT2D eigenvalue weighted by atomic mass is 9.96. The van der Waals surface area contributed by atoms with E-state index in [1.165, 1.54) is 0 Å². The molecule has 0 radical (unpaired) electrons. The Balaban J connectivity index is 0.00000208. The highest BCUT2D eigenvalue weighted by Gasteiger charge is 2.25. The van der Waals surface area contributed by atoms with Crippen LogP contribution >= 0.6 is 12.4 Å². The molecule has 0 aromatic heterocycles. The molecule has 0 saturated carbocycles. The molecule has 2 aliphatic heterocycles. The summed E-state index contributed by atoms with van der Waals surface area (Å²) in [6.07, 6.45) is 2.06. The highest BCUT2D eigenvalue weighted by Crippen LogP contribution is 2.29. The van der Waals surface area contributed by atoms with Gasteiger partial charge in [-0.2, -0.15) is 0 Å². The van der Waals surface area contributed by atoms with Crippen LogP contribution in [0.4, 0.5) is 5.69 Å². The number of fused-ring (bicyclic) bond motifs is 1. The van der Waals surface area contributed by atoms with Crippen molar-refractivity contribution in [1.82, 2.24) is 10.2 Å². The molecule has 132 valence electrons. The van der Waals surface area contributed by atoms with E-state index in [4.69, 9.17) is 4.74 Å². The van der Waals surface area contributed by atoms with Crippen molar-refractivity contribution < 1.29 is 14.3 Å². The lowest BCUT2D eigenvalue weighted by Gasteiger charge is -2.32. The standard InChI is InChI=1S/C17H23N3O3.ClH/c1-2-18-10-12-5-7-20(8-6-12)17(22)13-3-4-15-14(9-13)19-16(21)11-23-15;/h3-4,9,12,18H,2,5-8,10-11H2,1H3,(H,19,21);1H. The number of anilines is 1. The maximum Gasteiger partial charge on any atom is 0.262 e. The van der Waals surface area contributed by atoms with Gasteiger partial charge in [0.25, 0.3) is 11.8 Å². The van der Waals surface area contributed by atoms with E-state index in [-0.39, 0.29) is 30.8 Å². The van der Waals surface area contributed by atoms with Gasteiger partial charge in [-0.25, -0.2) is 0 Å². The van der Waals surface area contributed by atoms with Gasteiger partial charge in [0.2, 0.25) is 0 Å². The average Bonchev–Trinajstić information content (AvgIpc) is 2.59. The van der Waals surface area contributed by atoms with Crippen LogP contribution < -0.4 is 15.4 Å². The summed E-state index contributed by atoms with van der Waals surface area (Å²) in [7, 11) is 0. The quantitative estimate of drug-likeness (QED) is 0.867. The summed E-state index contributed by atoms with van der Waals surface area (Å²) in [6.45, 7) is 5.73. The molecule has 2 N–H and O–H groups in total. The fraction of sp³-hybridized carbons (Fsp3) is 0.529. The number of carbonyl (C=O) groups excluding carboxylic acids is 2. The zero-order valence-electron chi connectivity index (χ0n) is 13.8. The predicted molar refractivity (Wildman–Crippen MR) is 95.0 cm³/mol. The maximum atomic E-state index is 12.6. The van der Waals surface area contributed by atoms with Gasteiger partial charge in [-0.3, -0.25) is 9.59 Å². The van der Waals surface area contributed by atoms with Crippen LogP contribution in [0.5, 0.6) is 5.75 Å². The van der Waals surface area contributed by atoms with E-state index in [2.05, 4.69) is 17.6 Å². The van der Waals surface area contributed by atoms with E-state index in [9.17, 15) is 9.59 Å². The molecule has 0 atom stereocenters.